The predicted molar refractivity (Wildman–Crippen MR) is 93.7 cm³/mol. The van der Waals surface area contributed by atoms with E-state index in [1.165, 1.54) is 0 Å². The molecule has 1 aromatic rings. The summed E-state index contributed by atoms with van der Waals surface area (Å²) < 4.78 is 0. The van der Waals surface area contributed by atoms with Crippen LogP contribution in [0.15, 0.2) is 24.3 Å². The Hall–Kier alpha value is -1.88. The van der Waals surface area contributed by atoms with Crippen LogP contribution in [-0.2, 0) is 11.2 Å². The van der Waals surface area contributed by atoms with Crippen LogP contribution in [0.25, 0.3) is 0 Å². The van der Waals surface area contributed by atoms with E-state index < -0.39 is 11.6 Å². The molecule has 1 aliphatic heterocycles. The van der Waals surface area contributed by atoms with Crippen molar-refractivity contribution in [1.29, 1.82) is 0 Å². The second-order valence-electron chi connectivity index (χ2n) is 7.49. The van der Waals surface area contributed by atoms with Crippen LogP contribution >= 0.6 is 0 Å². The standard InChI is InChI=1S/C19H28N2O3/c1-13(2)16-17(22)20-10-11-21(16)18(23)15-7-5-6-14(12-15)8-9-19(3,4)24/h5-7,12-13,16,24H,8-11H2,1-4H3,(H,20,22). The summed E-state index contributed by atoms with van der Waals surface area (Å²) in [6, 6.07) is 7.07. The largest absolute Gasteiger partial charge is 0.390 e. The third-order valence-corrected chi connectivity index (χ3v) is 4.35. The smallest absolute Gasteiger partial charge is 0.254 e. The molecule has 0 bridgehead atoms. The van der Waals surface area contributed by atoms with Gasteiger partial charge >= 0.3 is 0 Å². The van der Waals surface area contributed by atoms with Crippen LogP contribution in [0, 0.1) is 5.92 Å². The molecule has 0 saturated carbocycles. The highest BCUT2D eigenvalue weighted by molar-refractivity contribution is 5.98. The van der Waals surface area contributed by atoms with E-state index in [1.54, 1.807) is 24.8 Å². The summed E-state index contributed by atoms with van der Waals surface area (Å²) in [6.07, 6.45) is 1.34. The fraction of sp³-hybridized carbons (Fsp3) is 0.579. The van der Waals surface area contributed by atoms with E-state index in [9.17, 15) is 14.7 Å². The Morgan fingerprint density at radius 2 is 2.12 bits per heavy atom. The summed E-state index contributed by atoms with van der Waals surface area (Å²) in [5.74, 6) is -0.121. The van der Waals surface area contributed by atoms with Gasteiger partial charge in [-0.05, 0) is 50.3 Å². The molecule has 2 amide bonds. The lowest BCUT2D eigenvalue weighted by atomic mass is 9.96. The molecule has 0 spiro atoms. The Labute approximate surface area is 144 Å². The van der Waals surface area contributed by atoms with E-state index in [0.29, 0.717) is 31.5 Å². The van der Waals surface area contributed by atoms with Gasteiger partial charge in [0.05, 0.1) is 5.60 Å². The van der Waals surface area contributed by atoms with Crippen molar-refractivity contribution in [2.75, 3.05) is 13.1 Å². The average Bonchev–Trinajstić information content (AvgIpc) is 2.51. The molecule has 5 nitrogen and oxygen atoms in total. The van der Waals surface area contributed by atoms with Crippen molar-refractivity contribution < 1.29 is 14.7 Å². The monoisotopic (exact) mass is 332 g/mol. The van der Waals surface area contributed by atoms with Crippen LogP contribution in [0.5, 0.6) is 0 Å². The molecule has 5 heteroatoms. The minimum absolute atomic E-state index is 0.0626. The number of amides is 2. The Morgan fingerprint density at radius 3 is 2.75 bits per heavy atom. The van der Waals surface area contributed by atoms with Gasteiger partial charge in [0.1, 0.15) is 6.04 Å². The quantitative estimate of drug-likeness (QED) is 0.866. The lowest BCUT2D eigenvalue weighted by Crippen LogP contribution is -2.59. The zero-order valence-corrected chi connectivity index (χ0v) is 15.0. The van der Waals surface area contributed by atoms with Crippen LogP contribution in [0.4, 0.5) is 0 Å². The highest BCUT2D eigenvalue weighted by Crippen LogP contribution is 2.19. The van der Waals surface area contributed by atoms with Gasteiger partial charge in [-0.15, -0.1) is 0 Å². The zero-order chi connectivity index (χ0) is 17.9. The van der Waals surface area contributed by atoms with Gasteiger partial charge in [0, 0.05) is 18.7 Å². The number of nitrogens with zero attached hydrogens (tertiary/aromatic N) is 1. The van der Waals surface area contributed by atoms with Crippen molar-refractivity contribution in [2.45, 2.75) is 52.2 Å². The maximum absolute atomic E-state index is 12.9. The van der Waals surface area contributed by atoms with Gasteiger partial charge in [0.25, 0.3) is 5.91 Å². The summed E-state index contributed by atoms with van der Waals surface area (Å²) in [5.41, 5.74) is 0.891. The second kappa shape index (κ2) is 7.34. The van der Waals surface area contributed by atoms with Crippen molar-refractivity contribution >= 4 is 11.8 Å². The van der Waals surface area contributed by atoms with Gasteiger partial charge in [0.15, 0.2) is 0 Å². The molecular weight excluding hydrogens is 304 g/mol. The van der Waals surface area contributed by atoms with Crippen LogP contribution in [0.2, 0.25) is 0 Å². The first-order valence-corrected chi connectivity index (χ1v) is 8.59. The number of nitrogens with one attached hydrogen (secondary N) is 1. The molecule has 0 aromatic heterocycles. The van der Waals surface area contributed by atoms with Crippen molar-refractivity contribution in [1.82, 2.24) is 10.2 Å². The SMILES string of the molecule is CC(C)C1C(=O)NCCN1C(=O)c1cccc(CCC(C)(C)O)c1. The van der Waals surface area contributed by atoms with Gasteiger partial charge in [-0.3, -0.25) is 9.59 Å². The molecule has 1 aliphatic rings. The van der Waals surface area contributed by atoms with Crippen LogP contribution in [0.3, 0.4) is 0 Å². The van der Waals surface area contributed by atoms with Crippen molar-refractivity contribution in [3.63, 3.8) is 0 Å². The van der Waals surface area contributed by atoms with Crippen molar-refractivity contribution in [3.05, 3.63) is 35.4 Å². The minimum atomic E-state index is -0.728. The summed E-state index contributed by atoms with van der Waals surface area (Å²) >= 11 is 0. The Kier molecular flexibility index (Phi) is 5.65. The van der Waals surface area contributed by atoms with E-state index in [4.69, 9.17) is 0 Å². The van der Waals surface area contributed by atoms with Crippen molar-refractivity contribution in [2.24, 2.45) is 5.92 Å². The van der Waals surface area contributed by atoms with Gasteiger partial charge < -0.3 is 15.3 Å². The lowest BCUT2D eigenvalue weighted by Gasteiger charge is -2.37. The average molecular weight is 332 g/mol. The maximum atomic E-state index is 12.9. The third kappa shape index (κ3) is 4.57. The molecular formula is C19H28N2O3. The first-order valence-electron chi connectivity index (χ1n) is 8.59. The topological polar surface area (TPSA) is 69.6 Å². The minimum Gasteiger partial charge on any atom is -0.390 e. The molecule has 2 rings (SSSR count). The number of piperazine rings is 1. The Bertz CT molecular complexity index is 605. The molecule has 1 atom stereocenters. The summed E-state index contributed by atoms with van der Waals surface area (Å²) in [4.78, 5) is 26.7. The molecule has 0 aliphatic carbocycles. The van der Waals surface area contributed by atoms with Crippen LogP contribution < -0.4 is 5.32 Å². The highest BCUT2D eigenvalue weighted by Gasteiger charge is 2.35. The molecule has 132 valence electrons. The Balaban J connectivity index is 2.18. The molecule has 2 N–H and O–H groups in total. The van der Waals surface area contributed by atoms with Gasteiger partial charge in [-0.1, -0.05) is 26.0 Å². The zero-order valence-electron chi connectivity index (χ0n) is 15.0. The highest BCUT2D eigenvalue weighted by atomic mass is 16.3. The van der Waals surface area contributed by atoms with Crippen LogP contribution in [0.1, 0.15) is 50.0 Å². The van der Waals surface area contributed by atoms with E-state index in [-0.39, 0.29) is 17.7 Å². The number of rotatable bonds is 5. The number of carbonyl (C=O) groups is 2. The summed E-state index contributed by atoms with van der Waals surface area (Å²) in [5, 5.41) is 12.7. The summed E-state index contributed by atoms with van der Waals surface area (Å²) in [7, 11) is 0. The molecule has 24 heavy (non-hydrogen) atoms. The number of hydrogen-bond acceptors (Lipinski definition) is 3. The molecule has 0 radical (unpaired) electrons. The number of aliphatic hydroxyl groups is 1. The Morgan fingerprint density at radius 1 is 1.42 bits per heavy atom. The second-order valence-corrected chi connectivity index (χ2v) is 7.49. The molecule has 1 unspecified atom stereocenters. The molecule has 1 heterocycles. The number of benzene rings is 1. The maximum Gasteiger partial charge on any atom is 0.254 e. The number of hydrogen-bond donors (Lipinski definition) is 2. The molecule has 1 saturated heterocycles. The number of carbonyl (C=O) groups excluding carboxylic acids is 2. The normalized spacial score (nSPS) is 18.7. The summed E-state index contributed by atoms with van der Waals surface area (Å²) in [6.45, 7) is 8.49. The predicted octanol–water partition coefficient (Wildman–Crippen LogP) is 1.99. The fourth-order valence-electron chi connectivity index (χ4n) is 3.05. The van der Waals surface area contributed by atoms with Crippen molar-refractivity contribution in [3.8, 4) is 0 Å². The van der Waals surface area contributed by atoms with E-state index in [0.717, 1.165) is 5.56 Å². The first-order chi connectivity index (χ1) is 11.2. The third-order valence-electron chi connectivity index (χ3n) is 4.35. The molecule has 1 aromatic carbocycles. The van der Waals surface area contributed by atoms with Gasteiger partial charge in [0.2, 0.25) is 5.91 Å². The van der Waals surface area contributed by atoms with Gasteiger partial charge in [-0.25, -0.2) is 0 Å². The lowest BCUT2D eigenvalue weighted by molar-refractivity contribution is -0.129. The van der Waals surface area contributed by atoms with E-state index >= 15 is 0 Å². The first kappa shape index (κ1) is 18.5. The van der Waals surface area contributed by atoms with E-state index in [2.05, 4.69) is 5.32 Å². The van der Waals surface area contributed by atoms with E-state index in [1.807, 2.05) is 32.0 Å². The molecule has 1 fully saturated rings. The number of aryl methyl sites for hydroxylation is 1. The van der Waals surface area contributed by atoms with Crippen LogP contribution in [-0.4, -0.2) is 46.6 Å². The van der Waals surface area contributed by atoms with Gasteiger partial charge in [-0.2, -0.15) is 0 Å². The fourth-order valence-corrected chi connectivity index (χ4v) is 3.05.